The molecular formula is C10H17FN2O. The third-order valence-corrected chi connectivity index (χ3v) is 2.79. The van der Waals surface area contributed by atoms with E-state index in [1.807, 2.05) is 0 Å². The lowest BCUT2D eigenvalue weighted by Gasteiger charge is -2.34. The summed E-state index contributed by atoms with van der Waals surface area (Å²) >= 11 is 0. The molecule has 0 aromatic carbocycles. The number of likely N-dealkylation sites (N-methyl/N-ethyl adjacent to an activating group) is 1. The van der Waals surface area contributed by atoms with Gasteiger partial charge in [0.15, 0.2) is 0 Å². The molecule has 1 aliphatic heterocycles. The van der Waals surface area contributed by atoms with E-state index in [4.69, 9.17) is 0 Å². The Hall–Kier alpha value is -0.900. The van der Waals surface area contributed by atoms with Gasteiger partial charge in [-0.15, -0.1) is 0 Å². The second-order valence-corrected chi connectivity index (χ2v) is 3.78. The summed E-state index contributed by atoms with van der Waals surface area (Å²) in [5.41, 5.74) is 0. The fourth-order valence-corrected chi connectivity index (χ4v) is 1.73. The Balaban J connectivity index is 2.45. The van der Waals surface area contributed by atoms with Crippen LogP contribution in [-0.2, 0) is 4.79 Å². The fraction of sp³-hybridized carbons (Fsp3) is 0.700. The van der Waals surface area contributed by atoms with Gasteiger partial charge in [-0.2, -0.15) is 0 Å². The van der Waals surface area contributed by atoms with Crippen LogP contribution >= 0.6 is 0 Å². The number of rotatable bonds is 2. The normalized spacial score (nSPS) is 20.2. The minimum atomic E-state index is -0.248. The Morgan fingerprint density at radius 2 is 2.07 bits per heavy atom. The first kappa shape index (κ1) is 11.2. The zero-order valence-electron chi connectivity index (χ0n) is 8.74. The summed E-state index contributed by atoms with van der Waals surface area (Å²) in [4.78, 5) is 15.2. The molecule has 0 bridgehead atoms. The summed E-state index contributed by atoms with van der Waals surface area (Å²) in [7, 11) is 3.80. The smallest absolute Gasteiger partial charge is 0.248 e. The predicted molar refractivity (Wildman–Crippen MR) is 53.5 cm³/mol. The number of carbonyl (C=O) groups is 1. The van der Waals surface area contributed by atoms with E-state index in [0.717, 1.165) is 32.0 Å². The number of carbonyl (C=O) groups excluding carboxylic acids is 1. The van der Waals surface area contributed by atoms with Crippen LogP contribution in [0.5, 0.6) is 0 Å². The van der Waals surface area contributed by atoms with Crippen LogP contribution in [0.2, 0.25) is 0 Å². The van der Waals surface area contributed by atoms with E-state index in [1.54, 1.807) is 11.9 Å². The van der Waals surface area contributed by atoms with Crippen LogP contribution in [0.3, 0.4) is 0 Å². The summed E-state index contributed by atoms with van der Waals surface area (Å²) < 4.78 is 11.8. The van der Waals surface area contributed by atoms with Crippen LogP contribution < -0.4 is 0 Å². The average molecular weight is 200 g/mol. The Kier molecular flexibility index (Phi) is 4.07. The van der Waals surface area contributed by atoms with Crippen molar-refractivity contribution in [1.82, 2.24) is 9.80 Å². The molecule has 1 amide bonds. The van der Waals surface area contributed by atoms with Crippen molar-refractivity contribution in [2.75, 3.05) is 27.2 Å². The number of nitrogens with zero attached hydrogens (tertiary/aromatic N) is 2. The van der Waals surface area contributed by atoms with Crippen molar-refractivity contribution in [2.24, 2.45) is 0 Å². The first-order valence-corrected chi connectivity index (χ1v) is 4.87. The van der Waals surface area contributed by atoms with E-state index in [-0.39, 0.29) is 11.9 Å². The number of amides is 1. The molecule has 1 aliphatic rings. The maximum absolute atomic E-state index is 11.8. The molecule has 0 aliphatic carbocycles. The molecule has 4 heteroatoms. The van der Waals surface area contributed by atoms with Crippen LogP contribution in [0.25, 0.3) is 0 Å². The number of piperidine rings is 1. The van der Waals surface area contributed by atoms with Gasteiger partial charge in [0.2, 0.25) is 5.91 Å². The summed E-state index contributed by atoms with van der Waals surface area (Å²) in [6.45, 7) is 2.00. The van der Waals surface area contributed by atoms with Crippen LogP contribution in [0.1, 0.15) is 12.8 Å². The van der Waals surface area contributed by atoms with E-state index in [2.05, 4.69) is 11.9 Å². The van der Waals surface area contributed by atoms with E-state index in [0.29, 0.717) is 6.33 Å². The first-order chi connectivity index (χ1) is 6.65. The lowest BCUT2D eigenvalue weighted by atomic mass is 10.0. The van der Waals surface area contributed by atoms with Gasteiger partial charge in [0.25, 0.3) is 0 Å². The van der Waals surface area contributed by atoms with E-state index < -0.39 is 0 Å². The van der Waals surface area contributed by atoms with Crippen LogP contribution in [0.4, 0.5) is 4.39 Å². The highest BCUT2D eigenvalue weighted by molar-refractivity contribution is 5.87. The van der Waals surface area contributed by atoms with Gasteiger partial charge in [-0.3, -0.25) is 4.79 Å². The fourth-order valence-electron chi connectivity index (χ4n) is 1.73. The zero-order valence-corrected chi connectivity index (χ0v) is 8.74. The number of hydrogen-bond acceptors (Lipinski definition) is 2. The molecule has 0 spiro atoms. The van der Waals surface area contributed by atoms with Crippen molar-refractivity contribution in [3.8, 4) is 0 Å². The van der Waals surface area contributed by atoms with Crippen molar-refractivity contribution < 1.29 is 9.18 Å². The SMILES string of the molecule is CN1CCC(N(C)C(=O)/C=C/F)CC1. The van der Waals surface area contributed by atoms with Crippen molar-refractivity contribution in [3.63, 3.8) is 0 Å². The van der Waals surface area contributed by atoms with Crippen molar-refractivity contribution in [1.29, 1.82) is 0 Å². The van der Waals surface area contributed by atoms with Gasteiger partial charge in [0.05, 0.1) is 6.33 Å². The molecule has 1 heterocycles. The van der Waals surface area contributed by atoms with Gasteiger partial charge >= 0.3 is 0 Å². The molecule has 0 N–H and O–H groups in total. The highest BCUT2D eigenvalue weighted by Crippen LogP contribution is 2.14. The molecule has 0 aromatic rings. The van der Waals surface area contributed by atoms with E-state index in [9.17, 15) is 9.18 Å². The monoisotopic (exact) mass is 200 g/mol. The number of hydrogen-bond donors (Lipinski definition) is 0. The summed E-state index contributed by atoms with van der Waals surface area (Å²) in [6.07, 6.45) is 3.21. The molecule has 80 valence electrons. The molecular weight excluding hydrogens is 183 g/mol. The molecule has 1 fully saturated rings. The maximum atomic E-state index is 11.8. The molecule has 0 unspecified atom stereocenters. The number of likely N-dealkylation sites (tertiary alicyclic amines) is 1. The van der Waals surface area contributed by atoms with Gasteiger partial charge in [-0.25, -0.2) is 4.39 Å². The topological polar surface area (TPSA) is 23.6 Å². The van der Waals surface area contributed by atoms with Gasteiger partial charge in [0, 0.05) is 19.2 Å². The molecule has 14 heavy (non-hydrogen) atoms. The highest BCUT2D eigenvalue weighted by Gasteiger charge is 2.22. The quantitative estimate of drug-likeness (QED) is 0.621. The molecule has 0 radical (unpaired) electrons. The Morgan fingerprint density at radius 1 is 1.50 bits per heavy atom. The van der Waals surface area contributed by atoms with E-state index in [1.165, 1.54) is 0 Å². The third-order valence-electron chi connectivity index (χ3n) is 2.79. The standard InChI is InChI=1S/C10H17FN2O/c1-12-7-4-9(5-8-12)13(2)10(14)3-6-11/h3,6,9H,4-5,7-8H2,1-2H3/b6-3+. The Bertz CT molecular complexity index is 222. The van der Waals surface area contributed by atoms with Crippen LogP contribution in [-0.4, -0.2) is 48.9 Å². The lowest BCUT2D eigenvalue weighted by molar-refractivity contribution is -0.127. The summed E-state index contributed by atoms with van der Waals surface area (Å²) in [5.74, 6) is -0.248. The molecule has 0 atom stereocenters. The molecule has 1 rings (SSSR count). The van der Waals surface area contributed by atoms with E-state index >= 15 is 0 Å². The van der Waals surface area contributed by atoms with Crippen LogP contribution in [0, 0.1) is 0 Å². The average Bonchev–Trinajstić information content (AvgIpc) is 2.18. The van der Waals surface area contributed by atoms with Gasteiger partial charge in [-0.1, -0.05) is 0 Å². The molecule has 0 aromatic heterocycles. The lowest BCUT2D eigenvalue weighted by Crippen LogP contribution is -2.43. The van der Waals surface area contributed by atoms with Crippen molar-refractivity contribution in [2.45, 2.75) is 18.9 Å². The van der Waals surface area contributed by atoms with Gasteiger partial charge < -0.3 is 9.80 Å². The number of halogens is 1. The van der Waals surface area contributed by atoms with Gasteiger partial charge in [0.1, 0.15) is 0 Å². The summed E-state index contributed by atoms with van der Waals surface area (Å²) in [5, 5.41) is 0. The Morgan fingerprint density at radius 3 is 2.57 bits per heavy atom. The van der Waals surface area contributed by atoms with Crippen molar-refractivity contribution in [3.05, 3.63) is 12.4 Å². The second-order valence-electron chi connectivity index (χ2n) is 3.78. The van der Waals surface area contributed by atoms with Gasteiger partial charge in [-0.05, 0) is 33.0 Å². The summed E-state index contributed by atoms with van der Waals surface area (Å²) in [6, 6.07) is 0.259. The minimum Gasteiger partial charge on any atom is -0.339 e. The van der Waals surface area contributed by atoms with Crippen molar-refractivity contribution >= 4 is 5.91 Å². The predicted octanol–water partition coefficient (Wildman–Crippen LogP) is 1.02. The third kappa shape index (κ3) is 2.80. The largest absolute Gasteiger partial charge is 0.339 e. The Labute approximate surface area is 84.2 Å². The zero-order chi connectivity index (χ0) is 10.6. The minimum absolute atomic E-state index is 0.248. The maximum Gasteiger partial charge on any atom is 0.248 e. The molecule has 1 saturated heterocycles. The first-order valence-electron chi connectivity index (χ1n) is 4.87. The molecule has 3 nitrogen and oxygen atoms in total. The van der Waals surface area contributed by atoms with Crippen LogP contribution in [0.15, 0.2) is 12.4 Å². The molecule has 0 saturated carbocycles. The second kappa shape index (κ2) is 5.10. The highest BCUT2D eigenvalue weighted by atomic mass is 19.1.